The zero-order valence-corrected chi connectivity index (χ0v) is 19.3. The van der Waals surface area contributed by atoms with E-state index in [0.717, 1.165) is 0 Å². The fourth-order valence-corrected chi connectivity index (χ4v) is 2.76. The predicted octanol–water partition coefficient (Wildman–Crippen LogP) is -1.80. The summed E-state index contributed by atoms with van der Waals surface area (Å²) in [6.07, 6.45) is -1.04. The number of hydrogen-bond donors (Lipinski definition) is 7. The van der Waals surface area contributed by atoms with Gasteiger partial charge in [-0.1, -0.05) is 34.1 Å². The van der Waals surface area contributed by atoms with E-state index >= 15 is 0 Å². The molecule has 0 aromatic rings. The van der Waals surface area contributed by atoms with E-state index in [4.69, 9.17) is 16.6 Å². The summed E-state index contributed by atoms with van der Waals surface area (Å²) in [4.78, 5) is 60.4. The van der Waals surface area contributed by atoms with Crippen molar-refractivity contribution in [1.82, 2.24) is 16.0 Å². The average Bonchev–Trinajstić information content (AvgIpc) is 2.70. The van der Waals surface area contributed by atoms with Gasteiger partial charge in [0.05, 0.1) is 12.1 Å². The number of rotatable bonds is 14. The Balaban J connectivity index is 5.52. The molecule has 0 aliphatic rings. The minimum Gasteiger partial charge on any atom is -0.480 e. The van der Waals surface area contributed by atoms with E-state index in [1.807, 2.05) is 6.92 Å². The number of aliphatic hydroxyl groups excluding tert-OH is 1. The van der Waals surface area contributed by atoms with E-state index in [2.05, 4.69) is 16.0 Å². The lowest BCUT2D eigenvalue weighted by Gasteiger charge is -2.28. The Morgan fingerprint density at radius 1 is 0.875 bits per heavy atom. The van der Waals surface area contributed by atoms with Gasteiger partial charge in [0, 0.05) is 6.42 Å². The zero-order chi connectivity index (χ0) is 25.2. The Morgan fingerprint density at radius 2 is 1.41 bits per heavy atom. The van der Waals surface area contributed by atoms with Crippen LogP contribution in [0.5, 0.6) is 0 Å². The van der Waals surface area contributed by atoms with Gasteiger partial charge in [-0.25, -0.2) is 4.79 Å². The van der Waals surface area contributed by atoms with Gasteiger partial charge in [-0.2, -0.15) is 0 Å². The summed E-state index contributed by atoms with van der Waals surface area (Å²) < 4.78 is 0. The molecule has 184 valence electrons. The molecule has 12 nitrogen and oxygen atoms in total. The molecule has 0 radical (unpaired) electrons. The van der Waals surface area contributed by atoms with Crippen molar-refractivity contribution >= 4 is 29.6 Å². The quantitative estimate of drug-likeness (QED) is 0.157. The van der Waals surface area contributed by atoms with Crippen molar-refractivity contribution in [3.63, 3.8) is 0 Å². The van der Waals surface area contributed by atoms with E-state index in [1.165, 1.54) is 6.92 Å². The number of nitrogens with one attached hydrogen (secondary N) is 3. The van der Waals surface area contributed by atoms with Crippen molar-refractivity contribution in [3.05, 3.63) is 0 Å². The minimum atomic E-state index is -1.57. The van der Waals surface area contributed by atoms with Gasteiger partial charge >= 0.3 is 5.97 Å². The third-order valence-electron chi connectivity index (χ3n) is 5.17. The van der Waals surface area contributed by atoms with E-state index in [1.54, 1.807) is 20.8 Å². The average molecular weight is 460 g/mol. The molecule has 4 amide bonds. The predicted molar refractivity (Wildman–Crippen MR) is 116 cm³/mol. The molecule has 0 spiro atoms. The molecule has 32 heavy (non-hydrogen) atoms. The van der Waals surface area contributed by atoms with Crippen LogP contribution in [0.2, 0.25) is 0 Å². The van der Waals surface area contributed by atoms with Crippen LogP contribution in [0.15, 0.2) is 0 Å². The highest BCUT2D eigenvalue weighted by molar-refractivity contribution is 5.94. The summed E-state index contributed by atoms with van der Waals surface area (Å²) in [5.41, 5.74) is 11.1. The molecule has 0 aromatic heterocycles. The summed E-state index contributed by atoms with van der Waals surface area (Å²) >= 11 is 0. The second-order valence-electron chi connectivity index (χ2n) is 8.27. The zero-order valence-electron chi connectivity index (χ0n) is 19.3. The molecular weight excluding hydrogens is 422 g/mol. The van der Waals surface area contributed by atoms with E-state index < -0.39 is 65.8 Å². The molecule has 0 bridgehead atoms. The van der Waals surface area contributed by atoms with Crippen molar-refractivity contribution in [2.75, 3.05) is 0 Å². The molecule has 0 heterocycles. The maximum absolute atomic E-state index is 12.9. The number of primary amides is 1. The smallest absolute Gasteiger partial charge is 0.328 e. The van der Waals surface area contributed by atoms with Gasteiger partial charge in [0.25, 0.3) is 0 Å². The van der Waals surface area contributed by atoms with Crippen LogP contribution in [0.1, 0.15) is 53.9 Å². The van der Waals surface area contributed by atoms with Crippen LogP contribution in [0, 0.1) is 11.8 Å². The van der Waals surface area contributed by atoms with Crippen LogP contribution < -0.4 is 27.4 Å². The molecule has 12 heteroatoms. The molecule has 0 aliphatic carbocycles. The van der Waals surface area contributed by atoms with Crippen LogP contribution >= 0.6 is 0 Å². The van der Waals surface area contributed by atoms with E-state index in [-0.39, 0.29) is 18.8 Å². The van der Waals surface area contributed by atoms with Gasteiger partial charge < -0.3 is 37.6 Å². The lowest BCUT2D eigenvalue weighted by molar-refractivity contribution is -0.145. The number of hydrogen-bond acceptors (Lipinski definition) is 7. The second-order valence-corrected chi connectivity index (χ2v) is 8.27. The normalized spacial score (nSPS) is 16.8. The van der Waals surface area contributed by atoms with Crippen molar-refractivity contribution < 1.29 is 34.2 Å². The first-order valence-electron chi connectivity index (χ1n) is 10.6. The molecule has 6 atom stereocenters. The molecule has 0 fully saturated rings. The monoisotopic (exact) mass is 459 g/mol. The largest absolute Gasteiger partial charge is 0.480 e. The van der Waals surface area contributed by atoms with Gasteiger partial charge in [0.2, 0.25) is 23.6 Å². The minimum absolute atomic E-state index is 0.113. The molecule has 9 N–H and O–H groups in total. The first-order valence-corrected chi connectivity index (χ1v) is 10.6. The molecule has 0 saturated heterocycles. The van der Waals surface area contributed by atoms with E-state index in [9.17, 15) is 29.1 Å². The summed E-state index contributed by atoms with van der Waals surface area (Å²) in [5.74, 6) is -4.90. The maximum Gasteiger partial charge on any atom is 0.328 e. The van der Waals surface area contributed by atoms with Crippen LogP contribution in [-0.4, -0.2) is 70.1 Å². The van der Waals surface area contributed by atoms with Crippen LogP contribution in [0.4, 0.5) is 0 Å². The lowest BCUT2D eigenvalue weighted by Crippen LogP contribution is -2.59. The van der Waals surface area contributed by atoms with E-state index in [0.29, 0.717) is 6.42 Å². The van der Waals surface area contributed by atoms with Gasteiger partial charge in [0.15, 0.2) is 6.04 Å². The topological polar surface area (TPSA) is 214 Å². The molecule has 0 aromatic carbocycles. The van der Waals surface area contributed by atoms with Crippen LogP contribution in [-0.2, 0) is 24.0 Å². The highest BCUT2D eigenvalue weighted by Gasteiger charge is 2.33. The standard InChI is InChI=1S/C20H37N5O7/c1-6-10(4)14(22)18(29)23-12(7-8-13(21)27)17(28)24-15(9(2)3)19(30)25-16(11(5)26)20(31)32/h9-12,14-16,26H,6-8,22H2,1-5H3,(H2,21,27)(H,23,29)(H,24,28)(H,25,30)(H,31,32). The highest BCUT2D eigenvalue weighted by atomic mass is 16.4. The van der Waals surface area contributed by atoms with Crippen molar-refractivity contribution in [3.8, 4) is 0 Å². The molecule has 0 rings (SSSR count). The van der Waals surface area contributed by atoms with Crippen molar-refractivity contribution in [2.24, 2.45) is 23.3 Å². The summed E-state index contributed by atoms with van der Waals surface area (Å²) in [6.45, 7) is 8.09. The summed E-state index contributed by atoms with van der Waals surface area (Å²) in [7, 11) is 0. The van der Waals surface area contributed by atoms with Gasteiger partial charge in [-0.05, 0) is 25.2 Å². The van der Waals surface area contributed by atoms with Crippen molar-refractivity contribution in [2.45, 2.75) is 84.2 Å². The van der Waals surface area contributed by atoms with Crippen molar-refractivity contribution in [1.29, 1.82) is 0 Å². The molecule has 6 unspecified atom stereocenters. The van der Waals surface area contributed by atoms with Gasteiger partial charge in [-0.3, -0.25) is 19.2 Å². The Bertz CT molecular complexity index is 683. The number of aliphatic carboxylic acids is 1. The Hall–Kier alpha value is -2.73. The highest BCUT2D eigenvalue weighted by Crippen LogP contribution is 2.09. The molecule has 0 aliphatic heterocycles. The summed E-state index contributed by atoms with van der Waals surface area (Å²) in [5, 5.41) is 25.9. The third-order valence-corrected chi connectivity index (χ3v) is 5.17. The number of amides is 4. The summed E-state index contributed by atoms with van der Waals surface area (Å²) in [6, 6.07) is -4.81. The number of carboxylic acids is 1. The van der Waals surface area contributed by atoms with Crippen LogP contribution in [0.25, 0.3) is 0 Å². The Kier molecular flexibility index (Phi) is 12.5. The number of carboxylic acid groups (broad SMARTS) is 1. The van der Waals surface area contributed by atoms with Gasteiger partial charge in [0.1, 0.15) is 12.1 Å². The Morgan fingerprint density at radius 3 is 1.81 bits per heavy atom. The second kappa shape index (κ2) is 13.6. The Labute approximate surface area is 187 Å². The molecule has 0 saturated carbocycles. The fraction of sp³-hybridized carbons (Fsp3) is 0.750. The number of nitrogens with two attached hydrogens (primary N) is 2. The number of carbonyl (C=O) groups is 5. The number of aliphatic hydroxyl groups is 1. The SMILES string of the molecule is CCC(C)C(N)C(=O)NC(CCC(N)=O)C(=O)NC(C(=O)NC(C(=O)O)C(C)O)C(C)C. The third kappa shape index (κ3) is 9.60. The maximum atomic E-state index is 12.9. The lowest BCUT2D eigenvalue weighted by atomic mass is 9.98. The fourth-order valence-electron chi connectivity index (χ4n) is 2.76. The molecular formula is C20H37N5O7. The first-order chi connectivity index (χ1) is 14.7. The van der Waals surface area contributed by atoms with Crippen LogP contribution in [0.3, 0.4) is 0 Å². The van der Waals surface area contributed by atoms with Gasteiger partial charge in [-0.15, -0.1) is 0 Å². The number of carbonyl (C=O) groups excluding carboxylic acids is 4. The first kappa shape index (κ1) is 29.3.